The Bertz CT molecular complexity index is 644. The van der Waals surface area contributed by atoms with E-state index < -0.39 is 23.3 Å². The van der Waals surface area contributed by atoms with Gasteiger partial charge in [0.25, 0.3) is 0 Å². The molecule has 4 amide bonds. The van der Waals surface area contributed by atoms with Crippen LogP contribution in [0.15, 0.2) is 30.3 Å². The van der Waals surface area contributed by atoms with Gasteiger partial charge in [-0.15, -0.1) is 0 Å². The van der Waals surface area contributed by atoms with E-state index in [4.69, 9.17) is 0 Å². The van der Waals surface area contributed by atoms with Crippen LogP contribution in [-0.4, -0.2) is 66.3 Å². The second-order valence-electron chi connectivity index (χ2n) is 7.09. The van der Waals surface area contributed by atoms with E-state index >= 15 is 0 Å². The van der Waals surface area contributed by atoms with E-state index in [2.05, 4.69) is 4.90 Å². The quantitative estimate of drug-likeness (QED) is 0.782. The fourth-order valence-corrected chi connectivity index (χ4v) is 3.92. The van der Waals surface area contributed by atoms with Crippen LogP contribution in [0.4, 0.5) is 4.79 Å². The monoisotopic (exact) mass is 343 g/mol. The first kappa shape index (κ1) is 17.6. The molecular formula is C19H25N3O3. The van der Waals surface area contributed by atoms with Crippen molar-refractivity contribution in [3.8, 4) is 0 Å². The van der Waals surface area contributed by atoms with Crippen molar-refractivity contribution in [3.05, 3.63) is 35.9 Å². The Morgan fingerprint density at radius 1 is 0.880 bits per heavy atom. The van der Waals surface area contributed by atoms with Crippen molar-refractivity contribution < 1.29 is 14.4 Å². The van der Waals surface area contributed by atoms with E-state index in [1.165, 1.54) is 20.5 Å². The Balaban J connectivity index is 1.99. The summed E-state index contributed by atoms with van der Waals surface area (Å²) in [6.45, 7) is 2.14. The van der Waals surface area contributed by atoms with Crippen molar-refractivity contribution in [2.24, 2.45) is 5.41 Å². The van der Waals surface area contributed by atoms with Crippen molar-refractivity contribution in [2.75, 3.05) is 33.7 Å². The first-order valence-corrected chi connectivity index (χ1v) is 8.82. The van der Waals surface area contributed by atoms with E-state index in [9.17, 15) is 14.4 Å². The summed E-state index contributed by atoms with van der Waals surface area (Å²) in [6.07, 6.45) is 3.65. The first-order chi connectivity index (χ1) is 12.0. The average molecular weight is 343 g/mol. The minimum atomic E-state index is -1.24. The molecule has 1 aromatic carbocycles. The Labute approximate surface area is 148 Å². The lowest BCUT2D eigenvalue weighted by molar-refractivity contribution is -0.158. The highest BCUT2D eigenvalue weighted by Crippen LogP contribution is 2.34. The summed E-state index contributed by atoms with van der Waals surface area (Å²) in [5.41, 5.74) is -0.312. The van der Waals surface area contributed by atoms with Gasteiger partial charge in [-0.1, -0.05) is 36.8 Å². The molecule has 0 bridgehead atoms. The van der Waals surface area contributed by atoms with Crippen LogP contribution in [0.5, 0.6) is 0 Å². The van der Waals surface area contributed by atoms with E-state index in [1.54, 1.807) is 0 Å². The molecule has 0 aromatic heterocycles. The zero-order valence-electron chi connectivity index (χ0n) is 14.9. The van der Waals surface area contributed by atoms with Crippen LogP contribution in [0.1, 0.15) is 24.8 Å². The van der Waals surface area contributed by atoms with Crippen molar-refractivity contribution >= 4 is 17.8 Å². The van der Waals surface area contributed by atoms with Gasteiger partial charge < -0.3 is 4.90 Å². The Morgan fingerprint density at radius 2 is 1.44 bits per heavy atom. The molecule has 134 valence electrons. The highest BCUT2D eigenvalue weighted by Gasteiger charge is 2.56. The summed E-state index contributed by atoms with van der Waals surface area (Å²) in [6, 6.07) is 9.01. The molecule has 0 aliphatic carbocycles. The summed E-state index contributed by atoms with van der Waals surface area (Å²) in [4.78, 5) is 42.8. The first-order valence-electron chi connectivity index (χ1n) is 8.82. The summed E-state index contributed by atoms with van der Waals surface area (Å²) >= 11 is 0. The predicted octanol–water partition coefficient (Wildman–Crippen LogP) is 1.75. The second-order valence-corrected chi connectivity index (χ2v) is 7.09. The van der Waals surface area contributed by atoms with Crippen LogP contribution in [-0.2, 0) is 16.0 Å². The van der Waals surface area contributed by atoms with Gasteiger partial charge in [-0.3, -0.25) is 19.4 Å². The molecule has 0 unspecified atom stereocenters. The SMILES string of the molecule is CN1C(=O)N(C)C(=O)C(Cc2ccccc2)(CN2CCCCC2)C1=O. The lowest BCUT2D eigenvalue weighted by atomic mass is 9.76. The van der Waals surface area contributed by atoms with Crippen LogP contribution < -0.4 is 0 Å². The van der Waals surface area contributed by atoms with Gasteiger partial charge in [0.05, 0.1) is 0 Å². The highest BCUT2D eigenvalue weighted by atomic mass is 16.2. The Hall–Kier alpha value is -2.21. The van der Waals surface area contributed by atoms with Gasteiger partial charge >= 0.3 is 6.03 Å². The third-order valence-electron chi connectivity index (χ3n) is 5.29. The number of barbiturate groups is 1. The fourth-order valence-electron chi connectivity index (χ4n) is 3.92. The third kappa shape index (κ3) is 3.18. The van der Waals surface area contributed by atoms with Gasteiger partial charge in [0.15, 0.2) is 0 Å². The summed E-state index contributed by atoms with van der Waals surface area (Å²) in [5, 5.41) is 0. The standard InChI is InChI=1S/C19H25N3O3/c1-20-16(23)19(17(24)21(2)18(20)25,13-15-9-5-3-6-10-15)14-22-11-7-4-8-12-22/h3,5-6,9-10H,4,7-8,11-14H2,1-2H3. The number of imide groups is 2. The van der Waals surface area contributed by atoms with E-state index in [-0.39, 0.29) is 0 Å². The topological polar surface area (TPSA) is 60.9 Å². The van der Waals surface area contributed by atoms with E-state index in [0.29, 0.717) is 13.0 Å². The van der Waals surface area contributed by atoms with Crippen molar-refractivity contribution in [3.63, 3.8) is 0 Å². The average Bonchev–Trinajstić information content (AvgIpc) is 2.65. The molecule has 2 fully saturated rings. The number of hydrogen-bond donors (Lipinski definition) is 0. The van der Waals surface area contributed by atoms with Crippen molar-refractivity contribution in [1.82, 2.24) is 14.7 Å². The zero-order chi connectivity index (χ0) is 18.0. The number of likely N-dealkylation sites (tertiary alicyclic amines) is 1. The van der Waals surface area contributed by atoms with Crippen molar-refractivity contribution in [2.45, 2.75) is 25.7 Å². The number of carbonyl (C=O) groups excluding carboxylic acids is 3. The summed E-state index contributed by atoms with van der Waals surface area (Å²) in [5.74, 6) is -0.787. The maximum absolute atomic E-state index is 13.1. The van der Waals surface area contributed by atoms with Crippen LogP contribution in [0.25, 0.3) is 0 Å². The van der Waals surface area contributed by atoms with Gasteiger partial charge in [0.1, 0.15) is 5.41 Å². The summed E-state index contributed by atoms with van der Waals surface area (Å²) < 4.78 is 0. The minimum Gasteiger partial charge on any atom is -0.302 e. The van der Waals surface area contributed by atoms with E-state index in [1.807, 2.05) is 30.3 Å². The van der Waals surface area contributed by atoms with Gasteiger partial charge in [-0.25, -0.2) is 4.79 Å². The third-order valence-corrected chi connectivity index (χ3v) is 5.29. The molecule has 2 aliphatic heterocycles. The number of amides is 4. The number of carbonyl (C=O) groups is 3. The molecular weight excluding hydrogens is 318 g/mol. The molecule has 25 heavy (non-hydrogen) atoms. The molecule has 6 heteroatoms. The molecule has 2 saturated heterocycles. The molecule has 0 atom stereocenters. The van der Waals surface area contributed by atoms with Crippen LogP contribution in [0.2, 0.25) is 0 Å². The predicted molar refractivity (Wildman–Crippen MR) is 93.8 cm³/mol. The Morgan fingerprint density at radius 3 is 2.00 bits per heavy atom. The number of benzene rings is 1. The van der Waals surface area contributed by atoms with Gasteiger partial charge in [0.2, 0.25) is 11.8 Å². The lowest BCUT2D eigenvalue weighted by Gasteiger charge is -2.44. The molecule has 0 saturated carbocycles. The van der Waals surface area contributed by atoms with Crippen LogP contribution in [0, 0.1) is 5.41 Å². The second kappa shape index (κ2) is 6.96. The highest BCUT2D eigenvalue weighted by molar-refractivity contribution is 6.19. The molecule has 0 spiro atoms. The number of nitrogens with zero attached hydrogens (tertiary/aromatic N) is 3. The normalized spacial score (nSPS) is 21.8. The lowest BCUT2D eigenvalue weighted by Crippen LogP contribution is -2.66. The summed E-state index contributed by atoms with van der Waals surface area (Å²) in [7, 11) is 2.92. The van der Waals surface area contributed by atoms with Crippen LogP contribution in [0.3, 0.4) is 0 Å². The smallest absolute Gasteiger partial charge is 0.302 e. The fraction of sp³-hybridized carbons (Fsp3) is 0.526. The molecule has 0 N–H and O–H groups in total. The molecule has 3 rings (SSSR count). The minimum absolute atomic E-state index is 0.309. The van der Waals surface area contributed by atoms with Crippen molar-refractivity contribution in [1.29, 1.82) is 0 Å². The molecule has 6 nitrogen and oxygen atoms in total. The maximum atomic E-state index is 13.1. The Kier molecular flexibility index (Phi) is 4.90. The zero-order valence-corrected chi connectivity index (χ0v) is 14.9. The molecule has 2 aliphatic rings. The number of hydrogen-bond acceptors (Lipinski definition) is 4. The van der Waals surface area contributed by atoms with Crippen LogP contribution >= 0.6 is 0 Å². The molecule has 0 radical (unpaired) electrons. The number of rotatable bonds is 4. The number of piperidine rings is 1. The molecule has 1 aromatic rings. The van der Waals surface area contributed by atoms with E-state index in [0.717, 1.165) is 41.3 Å². The largest absolute Gasteiger partial charge is 0.332 e. The number of urea groups is 1. The maximum Gasteiger partial charge on any atom is 0.332 e. The molecule has 2 heterocycles. The van der Waals surface area contributed by atoms with Gasteiger partial charge in [-0.2, -0.15) is 0 Å². The van der Waals surface area contributed by atoms with Gasteiger partial charge in [0, 0.05) is 20.6 Å². The van der Waals surface area contributed by atoms with Gasteiger partial charge in [-0.05, 0) is 37.9 Å².